The number of fused-ring (bicyclic) bond motifs is 1. The number of rotatable bonds is 7. The average molecular weight is 383 g/mol. The number of hydrogen-bond acceptors (Lipinski definition) is 6. The van der Waals surface area contributed by atoms with E-state index < -0.39 is 21.9 Å². The van der Waals surface area contributed by atoms with Crippen molar-refractivity contribution < 1.29 is 9.72 Å². The Kier molecular flexibility index (Phi) is 5.49. The van der Waals surface area contributed by atoms with Crippen LogP contribution < -0.4 is 21.8 Å². The first-order valence-corrected chi connectivity index (χ1v) is 8.43. The number of aromatic amines is 1. The number of aromatic nitrogens is 2. The molecule has 0 fully saturated rings. The molecule has 3 N–H and O–H groups in total. The third-order valence-corrected chi connectivity index (χ3v) is 4.05. The van der Waals surface area contributed by atoms with E-state index in [2.05, 4.69) is 15.7 Å². The highest BCUT2D eigenvalue weighted by Gasteiger charge is 2.12. The van der Waals surface area contributed by atoms with Crippen molar-refractivity contribution in [2.75, 3.05) is 18.4 Å². The van der Waals surface area contributed by atoms with Gasteiger partial charge in [0.2, 0.25) is 5.91 Å². The normalized spacial score (nSPS) is 10.6. The molecule has 2 aromatic carbocycles. The number of anilines is 1. The second-order valence-corrected chi connectivity index (χ2v) is 5.93. The largest absolute Gasteiger partial charge is 0.378 e. The molecular weight excluding hydrogens is 366 g/mol. The number of nitro groups is 1. The summed E-state index contributed by atoms with van der Waals surface area (Å²) < 4.78 is 0.954. The van der Waals surface area contributed by atoms with Crippen LogP contribution in [0.5, 0.6) is 0 Å². The molecule has 0 atom stereocenters. The second kappa shape index (κ2) is 8.16. The lowest BCUT2D eigenvalue weighted by Crippen LogP contribution is -2.38. The van der Waals surface area contributed by atoms with Crippen LogP contribution in [0.25, 0.3) is 10.8 Å². The smallest absolute Gasteiger partial charge is 0.292 e. The lowest BCUT2D eigenvalue weighted by molar-refractivity contribution is -0.384. The van der Waals surface area contributed by atoms with Crippen LogP contribution in [-0.4, -0.2) is 33.7 Å². The minimum absolute atomic E-state index is 0.0610. The van der Waals surface area contributed by atoms with Gasteiger partial charge in [-0.2, -0.15) is 0 Å². The highest BCUT2D eigenvalue weighted by atomic mass is 16.6. The Morgan fingerprint density at radius 2 is 1.71 bits per heavy atom. The van der Waals surface area contributed by atoms with E-state index in [1.54, 1.807) is 30.3 Å². The van der Waals surface area contributed by atoms with E-state index in [1.165, 1.54) is 18.2 Å². The first kappa shape index (κ1) is 18.8. The maximum absolute atomic E-state index is 12.4. The zero-order chi connectivity index (χ0) is 20.1. The molecule has 3 rings (SSSR count). The molecule has 28 heavy (non-hydrogen) atoms. The standard InChI is InChI=1S/C18H17N5O5/c24-16(20-10-9-19-14-7-3-4-8-15(14)23(27)28)11-22-18(26)13-6-2-1-5-12(13)17(25)21-22/h1-8,19H,9-11H2,(H,20,24)(H,21,25). The van der Waals surface area contributed by atoms with Gasteiger partial charge in [-0.1, -0.05) is 24.3 Å². The Morgan fingerprint density at radius 3 is 2.46 bits per heavy atom. The maximum Gasteiger partial charge on any atom is 0.292 e. The third kappa shape index (κ3) is 4.06. The summed E-state index contributed by atoms with van der Waals surface area (Å²) in [6.45, 7) is 0.0849. The molecule has 0 radical (unpaired) electrons. The zero-order valence-electron chi connectivity index (χ0n) is 14.7. The molecule has 10 nitrogen and oxygen atoms in total. The summed E-state index contributed by atoms with van der Waals surface area (Å²) in [6.07, 6.45) is 0. The van der Waals surface area contributed by atoms with Crippen LogP contribution >= 0.6 is 0 Å². The quantitative estimate of drug-likeness (QED) is 0.314. The molecule has 1 heterocycles. The van der Waals surface area contributed by atoms with E-state index in [9.17, 15) is 24.5 Å². The van der Waals surface area contributed by atoms with Crippen molar-refractivity contribution in [2.24, 2.45) is 0 Å². The first-order chi connectivity index (χ1) is 13.5. The molecule has 0 aliphatic heterocycles. The number of benzene rings is 2. The Labute approximate surface area is 157 Å². The summed E-state index contributed by atoms with van der Waals surface area (Å²) in [5, 5.41) is 19.3. The molecule has 1 aromatic heterocycles. The predicted octanol–water partition coefficient (Wildman–Crippen LogP) is 0.826. The van der Waals surface area contributed by atoms with E-state index in [0.29, 0.717) is 5.69 Å². The van der Waals surface area contributed by atoms with Gasteiger partial charge in [-0.3, -0.25) is 29.6 Å². The average Bonchev–Trinajstić information content (AvgIpc) is 2.69. The van der Waals surface area contributed by atoms with Gasteiger partial charge in [-0.05, 0) is 18.2 Å². The van der Waals surface area contributed by atoms with Crippen molar-refractivity contribution in [3.63, 3.8) is 0 Å². The summed E-state index contributed by atoms with van der Waals surface area (Å²) in [5.74, 6) is -0.475. The minimum atomic E-state index is -0.497. The van der Waals surface area contributed by atoms with Gasteiger partial charge in [-0.25, -0.2) is 4.68 Å². The molecule has 0 saturated carbocycles. The number of H-pyrrole nitrogens is 1. The Bertz CT molecular complexity index is 1150. The predicted molar refractivity (Wildman–Crippen MR) is 103 cm³/mol. The van der Waals surface area contributed by atoms with Crippen LogP contribution in [0.4, 0.5) is 11.4 Å². The molecule has 0 spiro atoms. The van der Waals surface area contributed by atoms with Crippen molar-refractivity contribution in [1.82, 2.24) is 15.1 Å². The summed E-state index contributed by atoms with van der Waals surface area (Å²) >= 11 is 0. The summed E-state index contributed by atoms with van der Waals surface area (Å²) in [7, 11) is 0. The van der Waals surface area contributed by atoms with Crippen LogP contribution in [0.15, 0.2) is 58.1 Å². The lowest BCUT2D eigenvalue weighted by Gasteiger charge is -2.10. The van der Waals surface area contributed by atoms with Crippen molar-refractivity contribution >= 4 is 28.1 Å². The van der Waals surface area contributed by atoms with Gasteiger partial charge in [0.05, 0.1) is 15.7 Å². The monoisotopic (exact) mass is 383 g/mol. The van der Waals surface area contributed by atoms with Gasteiger partial charge in [0.15, 0.2) is 0 Å². The topological polar surface area (TPSA) is 139 Å². The van der Waals surface area contributed by atoms with Crippen molar-refractivity contribution in [2.45, 2.75) is 6.54 Å². The van der Waals surface area contributed by atoms with Crippen LogP contribution in [0.1, 0.15) is 0 Å². The molecule has 1 amide bonds. The fourth-order valence-electron chi connectivity index (χ4n) is 2.74. The SMILES string of the molecule is O=C(Cn1[nH]c(=O)c2ccccc2c1=O)NCCNc1ccccc1[N+](=O)[O-]. The summed E-state index contributed by atoms with van der Waals surface area (Å²) in [6, 6.07) is 12.5. The first-order valence-electron chi connectivity index (χ1n) is 8.43. The minimum Gasteiger partial charge on any atom is -0.378 e. The van der Waals surface area contributed by atoms with Crippen molar-refractivity contribution in [1.29, 1.82) is 0 Å². The number of carbonyl (C=O) groups excluding carboxylic acids is 1. The van der Waals surface area contributed by atoms with Crippen molar-refractivity contribution in [3.05, 3.63) is 79.4 Å². The van der Waals surface area contributed by atoms with E-state index in [0.717, 1.165) is 4.68 Å². The molecule has 10 heteroatoms. The van der Waals surface area contributed by atoms with Crippen LogP contribution in [0.3, 0.4) is 0 Å². The van der Waals surface area contributed by atoms with E-state index in [-0.39, 0.29) is 36.1 Å². The van der Waals surface area contributed by atoms with Crippen LogP contribution in [0.2, 0.25) is 0 Å². The van der Waals surface area contributed by atoms with Gasteiger partial charge in [0.1, 0.15) is 12.2 Å². The van der Waals surface area contributed by atoms with Crippen LogP contribution in [0, 0.1) is 10.1 Å². The fourth-order valence-corrected chi connectivity index (χ4v) is 2.74. The number of hydrogen-bond donors (Lipinski definition) is 3. The molecule has 0 aliphatic carbocycles. The summed E-state index contributed by atoms with van der Waals surface area (Å²) in [5.41, 5.74) is -0.643. The highest BCUT2D eigenvalue weighted by Crippen LogP contribution is 2.22. The number of para-hydroxylation sites is 2. The van der Waals surface area contributed by atoms with Crippen molar-refractivity contribution in [3.8, 4) is 0 Å². The van der Waals surface area contributed by atoms with Gasteiger partial charge in [0.25, 0.3) is 16.8 Å². The molecule has 0 unspecified atom stereocenters. The fraction of sp³-hybridized carbons (Fsp3) is 0.167. The number of nitrogens with zero attached hydrogens (tertiary/aromatic N) is 2. The second-order valence-electron chi connectivity index (χ2n) is 5.93. The third-order valence-electron chi connectivity index (χ3n) is 4.05. The number of amides is 1. The molecule has 0 bridgehead atoms. The zero-order valence-corrected chi connectivity index (χ0v) is 14.7. The van der Waals surface area contributed by atoms with E-state index in [1.807, 2.05) is 0 Å². The van der Waals surface area contributed by atoms with Crippen LogP contribution in [-0.2, 0) is 11.3 Å². The number of nitro benzene ring substituents is 1. The van der Waals surface area contributed by atoms with E-state index in [4.69, 9.17) is 0 Å². The Morgan fingerprint density at radius 1 is 1.04 bits per heavy atom. The highest BCUT2D eigenvalue weighted by molar-refractivity contribution is 5.81. The Hall–Kier alpha value is -3.95. The van der Waals surface area contributed by atoms with Gasteiger partial charge >= 0.3 is 0 Å². The molecule has 144 valence electrons. The number of carbonyl (C=O) groups is 1. The maximum atomic E-state index is 12.4. The van der Waals surface area contributed by atoms with Gasteiger partial charge in [-0.15, -0.1) is 0 Å². The van der Waals surface area contributed by atoms with Gasteiger partial charge in [0, 0.05) is 19.2 Å². The molecule has 0 aliphatic rings. The van der Waals surface area contributed by atoms with E-state index >= 15 is 0 Å². The lowest BCUT2D eigenvalue weighted by atomic mass is 10.2. The molecule has 0 saturated heterocycles. The summed E-state index contributed by atoms with van der Waals surface area (Å²) in [4.78, 5) is 46.9. The molecule has 3 aromatic rings. The molecular formula is C18H17N5O5. The Balaban J connectivity index is 1.59. The van der Waals surface area contributed by atoms with Gasteiger partial charge < -0.3 is 10.6 Å². The number of nitrogens with one attached hydrogen (secondary N) is 3.